The van der Waals surface area contributed by atoms with Gasteiger partial charge in [0.05, 0.1) is 6.42 Å². The molecule has 0 aliphatic rings. The minimum absolute atomic E-state index is 0.121. The first-order chi connectivity index (χ1) is 5.57. The summed E-state index contributed by atoms with van der Waals surface area (Å²) in [6.07, 6.45) is -0.185. The Labute approximate surface area is 70.2 Å². The van der Waals surface area contributed by atoms with Crippen molar-refractivity contribution in [1.82, 2.24) is 5.32 Å². The predicted octanol–water partition coefficient (Wildman–Crippen LogP) is -0.908. The summed E-state index contributed by atoms with van der Waals surface area (Å²) in [4.78, 5) is 21.0. The van der Waals surface area contributed by atoms with Gasteiger partial charge in [-0.3, -0.25) is 4.79 Å². The van der Waals surface area contributed by atoms with Crippen LogP contribution in [0, 0.1) is 0 Å². The van der Waals surface area contributed by atoms with Gasteiger partial charge in [-0.2, -0.15) is 0 Å². The molecule has 0 fully saturated rings. The molecule has 12 heavy (non-hydrogen) atoms. The summed E-state index contributed by atoms with van der Waals surface area (Å²) < 4.78 is 0. The van der Waals surface area contributed by atoms with Crippen LogP contribution in [0.15, 0.2) is 12.2 Å². The third-order valence-electron chi connectivity index (χ3n) is 1.14. The Morgan fingerprint density at radius 1 is 1.50 bits per heavy atom. The lowest BCUT2D eigenvalue weighted by Crippen LogP contribution is -2.29. The maximum atomic E-state index is 10.8. The van der Waals surface area contributed by atoms with Crippen LogP contribution >= 0.6 is 0 Å². The Bertz CT molecular complexity index is 201. The molecule has 0 aromatic heterocycles. The maximum Gasteiger partial charge on any atom is 0.331 e. The van der Waals surface area contributed by atoms with Gasteiger partial charge in [0.25, 0.3) is 0 Å². The van der Waals surface area contributed by atoms with Crippen molar-refractivity contribution >= 4 is 11.9 Å². The zero-order chi connectivity index (χ0) is 9.56. The van der Waals surface area contributed by atoms with Crippen LogP contribution in [0.3, 0.4) is 0 Å². The molecule has 1 amide bonds. The average Bonchev–Trinajstić information content (AvgIpc) is 2.00. The van der Waals surface area contributed by atoms with E-state index in [-0.39, 0.29) is 17.9 Å². The number of nitrogens with one attached hydrogen (secondary N) is 1. The van der Waals surface area contributed by atoms with Crippen LogP contribution in [-0.2, 0) is 9.59 Å². The van der Waals surface area contributed by atoms with Crippen molar-refractivity contribution in [3.63, 3.8) is 0 Å². The second-order valence-electron chi connectivity index (χ2n) is 2.22. The van der Waals surface area contributed by atoms with E-state index in [0.717, 1.165) is 0 Å². The van der Waals surface area contributed by atoms with E-state index in [9.17, 15) is 9.59 Å². The number of aliphatic carboxylic acids is 1. The molecule has 0 saturated heterocycles. The van der Waals surface area contributed by atoms with Crippen molar-refractivity contribution in [2.24, 2.45) is 5.73 Å². The van der Waals surface area contributed by atoms with Gasteiger partial charge in [0, 0.05) is 18.7 Å². The summed E-state index contributed by atoms with van der Waals surface area (Å²) in [7, 11) is 0. The molecule has 68 valence electrons. The molecule has 0 bridgehead atoms. The fourth-order valence-electron chi connectivity index (χ4n) is 0.544. The van der Waals surface area contributed by atoms with E-state index < -0.39 is 5.97 Å². The van der Waals surface area contributed by atoms with Crippen molar-refractivity contribution in [3.8, 4) is 0 Å². The summed E-state index contributed by atoms with van der Waals surface area (Å²) in [6, 6.07) is 0. The number of carboxylic acid groups (broad SMARTS) is 1. The highest BCUT2D eigenvalue weighted by Gasteiger charge is 2.08. The Hall–Kier alpha value is -1.36. The molecule has 0 atom stereocenters. The summed E-state index contributed by atoms with van der Waals surface area (Å²) in [6.45, 7) is 3.90. The van der Waals surface area contributed by atoms with E-state index >= 15 is 0 Å². The van der Waals surface area contributed by atoms with Crippen LogP contribution in [0.5, 0.6) is 0 Å². The third-order valence-corrected chi connectivity index (χ3v) is 1.14. The normalized spacial score (nSPS) is 9.08. The molecule has 0 unspecified atom stereocenters. The first-order valence-corrected chi connectivity index (χ1v) is 3.45. The number of nitrogens with two attached hydrogens (primary N) is 1. The highest BCUT2D eigenvalue weighted by atomic mass is 16.4. The first kappa shape index (κ1) is 10.6. The minimum Gasteiger partial charge on any atom is -0.478 e. The predicted molar refractivity (Wildman–Crippen MR) is 43.5 cm³/mol. The summed E-state index contributed by atoms with van der Waals surface area (Å²) in [5.41, 5.74) is 4.99. The average molecular weight is 172 g/mol. The van der Waals surface area contributed by atoms with Crippen molar-refractivity contribution in [1.29, 1.82) is 0 Å². The van der Waals surface area contributed by atoms with Crippen molar-refractivity contribution in [3.05, 3.63) is 12.2 Å². The number of carboxylic acids is 1. The Balaban J connectivity index is 3.69. The topological polar surface area (TPSA) is 92.4 Å². The number of hydrogen-bond donors (Lipinski definition) is 3. The van der Waals surface area contributed by atoms with Gasteiger partial charge in [0.15, 0.2) is 0 Å². The van der Waals surface area contributed by atoms with Crippen molar-refractivity contribution in [2.45, 2.75) is 6.42 Å². The lowest BCUT2D eigenvalue weighted by molar-refractivity contribution is -0.134. The van der Waals surface area contributed by atoms with E-state index in [2.05, 4.69) is 11.9 Å². The Morgan fingerprint density at radius 2 is 2.08 bits per heavy atom. The Morgan fingerprint density at radius 3 is 2.50 bits per heavy atom. The minimum atomic E-state index is -1.15. The lowest BCUT2D eigenvalue weighted by atomic mass is 10.2. The molecular formula is C7H12N2O3. The molecule has 0 rings (SSSR count). The molecule has 0 aromatic rings. The van der Waals surface area contributed by atoms with Gasteiger partial charge < -0.3 is 16.2 Å². The second kappa shape index (κ2) is 5.31. The Kier molecular flexibility index (Phi) is 4.71. The van der Waals surface area contributed by atoms with Gasteiger partial charge in [-0.05, 0) is 0 Å². The molecule has 0 heterocycles. The van der Waals surface area contributed by atoms with Gasteiger partial charge in [-0.1, -0.05) is 6.58 Å². The second-order valence-corrected chi connectivity index (χ2v) is 2.22. The van der Waals surface area contributed by atoms with E-state index in [1.165, 1.54) is 0 Å². The van der Waals surface area contributed by atoms with E-state index in [0.29, 0.717) is 13.1 Å². The van der Waals surface area contributed by atoms with E-state index in [1.807, 2.05) is 0 Å². The molecule has 0 saturated carbocycles. The molecule has 0 aliphatic heterocycles. The number of amides is 1. The molecular weight excluding hydrogens is 160 g/mol. The first-order valence-electron chi connectivity index (χ1n) is 3.45. The van der Waals surface area contributed by atoms with Crippen LogP contribution < -0.4 is 11.1 Å². The van der Waals surface area contributed by atoms with Crippen LogP contribution in [0.2, 0.25) is 0 Å². The highest BCUT2D eigenvalue weighted by molar-refractivity contribution is 5.93. The van der Waals surface area contributed by atoms with Gasteiger partial charge >= 0.3 is 5.97 Å². The SMILES string of the molecule is C=C(CC(=O)NCCN)C(=O)O. The molecule has 5 heteroatoms. The fourth-order valence-corrected chi connectivity index (χ4v) is 0.544. The fraction of sp³-hybridized carbons (Fsp3) is 0.429. The zero-order valence-electron chi connectivity index (χ0n) is 6.67. The molecule has 0 radical (unpaired) electrons. The molecule has 5 nitrogen and oxygen atoms in total. The van der Waals surface area contributed by atoms with Gasteiger partial charge in [0.1, 0.15) is 0 Å². The van der Waals surface area contributed by atoms with Gasteiger partial charge in [-0.25, -0.2) is 4.79 Å². The van der Waals surface area contributed by atoms with Crippen LogP contribution in [0.4, 0.5) is 0 Å². The van der Waals surface area contributed by atoms with Gasteiger partial charge in [0.2, 0.25) is 5.91 Å². The maximum absolute atomic E-state index is 10.8. The molecule has 0 aliphatic carbocycles. The number of carbonyl (C=O) groups is 2. The van der Waals surface area contributed by atoms with Crippen LogP contribution in [0.25, 0.3) is 0 Å². The highest BCUT2D eigenvalue weighted by Crippen LogP contribution is 1.96. The van der Waals surface area contributed by atoms with E-state index in [1.54, 1.807) is 0 Å². The molecule has 4 N–H and O–H groups in total. The lowest BCUT2D eigenvalue weighted by Gasteiger charge is -2.01. The third kappa shape index (κ3) is 4.45. The summed E-state index contributed by atoms with van der Waals surface area (Å²) in [5.74, 6) is -1.52. The monoisotopic (exact) mass is 172 g/mol. The number of carbonyl (C=O) groups excluding carboxylic acids is 1. The van der Waals surface area contributed by atoms with Crippen LogP contribution in [-0.4, -0.2) is 30.1 Å². The van der Waals surface area contributed by atoms with Gasteiger partial charge in [-0.15, -0.1) is 0 Å². The van der Waals surface area contributed by atoms with Crippen molar-refractivity contribution in [2.75, 3.05) is 13.1 Å². The zero-order valence-corrected chi connectivity index (χ0v) is 6.67. The van der Waals surface area contributed by atoms with Crippen molar-refractivity contribution < 1.29 is 14.7 Å². The van der Waals surface area contributed by atoms with Crippen LogP contribution in [0.1, 0.15) is 6.42 Å². The molecule has 0 aromatic carbocycles. The quantitative estimate of drug-likeness (QED) is 0.468. The molecule has 0 spiro atoms. The number of rotatable bonds is 5. The summed E-state index contributed by atoms with van der Waals surface area (Å²) >= 11 is 0. The van der Waals surface area contributed by atoms with E-state index in [4.69, 9.17) is 10.8 Å². The summed E-state index contributed by atoms with van der Waals surface area (Å²) in [5, 5.41) is 10.8. The number of hydrogen-bond acceptors (Lipinski definition) is 3. The smallest absolute Gasteiger partial charge is 0.331 e. The largest absolute Gasteiger partial charge is 0.478 e. The standard InChI is InChI=1S/C7H12N2O3/c1-5(7(11)12)4-6(10)9-3-2-8/h1-4,8H2,(H,9,10)(H,11,12).